The molecule has 104 valence electrons. The van der Waals surface area contributed by atoms with Crippen LogP contribution in [0.15, 0.2) is 33.7 Å². The third kappa shape index (κ3) is 4.53. The summed E-state index contributed by atoms with van der Waals surface area (Å²) >= 11 is 7.38. The number of nitrogens with zero attached hydrogens (tertiary/aromatic N) is 3. The van der Waals surface area contributed by atoms with Crippen LogP contribution in [0.3, 0.4) is 0 Å². The molecule has 0 fully saturated rings. The number of thioether (sulfide) groups is 1. The molecule has 1 aromatic heterocycles. The van der Waals surface area contributed by atoms with E-state index in [0.29, 0.717) is 22.5 Å². The number of aromatic nitrogens is 2. The Hall–Kier alpha value is -1.55. The molecule has 1 aromatic carbocycles. The number of rotatable bonds is 6. The molecule has 0 aliphatic carbocycles. The monoisotopic (exact) mass is 309 g/mol. The van der Waals surface area contributed by atoms with E-state index in [-0.39, 0.29) is 12.8 Å². The highest BCUT2D eigenvalue weighted by atomic mass is 35.5. The predicted octanol–water partition coefficient (Wildman–Crippen LogP) is 2.83. The maximum atomic E-state index is 9.48. The first-order chi connectivity index (χ1) is 9.67. The molecule has 0 bridgehead atoms. The molecular formula is C13H12ClN3O2S. The van der Waals surface area contributed by atoms with Gasteiger partial charge in [-0.05, 0) is 24.3 Å². The van der Waals surface area contributed by atoms with Crippen LogP contribution in [0.5, 0.6) is 0 Å². The van der Waals surface area contributed by atoms with Crippen molar-refractivity contribution in [1.29, 1.82) is 5.26 Å². The summed E-state index contributed by atoms with van der Waals surface area (Å²) in [6, 6.07) is 9.38. The minimum absolute atomic E-state index is 0.0528. The lowest BCUT2D eigenvalue weighted by molar-refractivity contribution is 0.167. The van der Waals surface area contributed by atoms with E-state index >= 15 is 0 Å². The van der Waals surface area contributed by atoms with Crippen molar-refractivity contribution in [2.75, 3.05) is 0 Å². The summed E-state index contributed by atoms with van der Waals surface area (Å²) in [5.41, 5.74) is 0. The molecule has 1 heterocycles. The molecule has 0 saturated carbocycles. The van der Waals surface area contributed by atoms with Crippen molar-refractivity contribution in [3.8, 4) is 6.07 Å². The molecule has 0 saturated heterocycles. The Balaban J connectivity index is 1.86. The minimum Gasteiger partial charge on any atom is -0.392 e. The van der Waals surface area contributed by atoms with Gasteiger partial charge in [-0.25, -0.2) is 0 Å². The van der Waals surface area contributed by atoms with Crippen molar-refractivity contribution >= 4 is 23.4 Å². The summed E-state index contributed by atoms with van der Waals surface area (Å²) in [5, 5.41) is 22.5. The van der Waals surface area contributed by atoms with Gasteiger partial charge in [-0.15, -0.1) is 11.8 Å². The van der Waals surface area contributed by atoms with Crippen LogP contribution in [0.4, 0.5) is 0 Å². The quantitative estimate of drug-likeness (QED) is 0.826. The molecule has 0 radical (unpaired) electrons. The Kier molecular flexibility index (Phi) is 5.41. The summed E-state index contributed by atoms with van der Waals surface area (Å²) in [6.45, 7) is 0. The molecule has 2 rings (SSSR count). The van der Waals surface area contributed by atoms with Gasteiger partial charge in [-0.3, -0.25) is 0 Å². The van der Waals surface area contributed by atoms with Crippen LogP contribution in [0, 0.1) is 11.3 Å². The first kappa shape index (κ1) is 14.9. The summed E-state index contributed by atoms with van der Waals surface area (Å²) in [5.74, 6) is 1.48. The topological polar surface area (TPSA) is 82.9 Å². The van der Waals surface area contributed by atoms with E-state index in [1.54, 1.807) is 11.8 Å². The van der Waals surface area contributed by atoms with Crippen molar-refractivity contribution in [2.45, 2.75) is 29.6 Å². The second kappa shape index (κ2) is 7.29. The van der Waals surface area contributed by atoms with Crippen molar-refractivity contribution in [2.24, 2.45) is 0 Å². The fourth-order valence-corrected chi connectivity index (χ4v) is 2.36. The number of nitriles is 1. The van der Waals surface area contributed by atoms with E-state index in [2.05, 4.69) is 10.1 Å². The molecule has 5 nitrogen and oxygen atoms in total. The highest BCUT2D eigenvalue weighted by Crippen LogP contribution is 2.23. The second-order valence-corrected chi connectivity index (χ2v) is 5.55. The zero-order valence-corrected chi connectivity index (χ0v) is 12.1. The summed E-state index contributed by atoms with van der Waals surface area (Å²) in [7, 11) is 0. The summed E-state index contributed by atoms with van der Waals surface area (Å²) in [4.78, 5) is 5.23. The van der Waals surface area contributed by atoms with Gasteiger partial charge in [-0.1, -0.05) is 16.8 Å². The highest BCUT2D eigenvalue weighted by Gasteiger charge is 2.12. The van der Waals surface area contributed by atoms with Gasteiger partial charge in [0, 0.05) is 9.92 Å². The first-order valence-electron chi connectivity index (χ1n) is 5.92. The number of aliphatic hydroxyl groups excluding tert-OH is 1. The van der Waals surface area contributed by atoms with E-state index in [4.69, 9.17) is 21.4 Å². The maximum absolute atomic E-state index is 9.48. The largest absolute Gasteiger partial charge is 0.392 e. The number of aliphatic hydroxyl groups is 1. The summed E-state index contributed by atoms with van der Waals surface area (Å²) in [6.07, 6.45) is -0.513. The average molecular weight is 310 g/mol. The lowest BCUT2D eigenvalue weighted by atomic mass is 10.2. The van der Waals surface area contributed by atoms with E-state index < -0.39 is 6.10 Å². The Morgan fingerprint density at radius 1 is 1.40 bits per heavy atom. The van der Waals surface area contributed by atoms with Crippen LogP contribution in [0.25, 0.3) is 0 Å². The van der Waals surface area contributed by atoms with Gasteiger partial charge < -0.3 is 9.63 Å². The predicted molar refractivity (Wildman–Crippen MR) is 75.3 cm³/mol. The lowest BCUT2D eigenvalue weighted by Gasteiger charge is -2.00. The molecule has 0 spiro atoms. The number of hydrogen-bond acceptors (Lipinski definition) is 6. The van der Waals surface area contributed by atoms with E-state index in [1.807, 2.05) is 30.3 Å². The molecule has 0 aliphatic heterocycles. The van der Waals surface area contributed by atoms with Crippen LogP contribution in [0.1, 0.15) is 18.1 Å². The second-order valence-electron chi connectivity index (χ2n) is 4.07. The van der Waals surface area contributed by atoms with Crippen molar-refractivity contribution in [3.63, 3.8) is 0 Å². The number of halogens is 1. The fourth-order valence-electron chi connectivity index (χ4n) is 1.49. The maximum Gasteiger partial charge on any atom is 0.229 e. The molecule has 7 heteroatoms. The zero-order chi connectivity index (χ0) is 14.4. The molecule has 0 aliphatic rings. The third-order valence-corrected chi connectivity index (χ3v) is 3.69. The Morgan fingerprint density at radius 3 is 2.85 bits per heavy atom. The van der Waals surface area contributed by atoms with Gasteiger partial charge in [0.15, 0.2) is 5.82 Å². The van der Waals surface area contributed by atoms with Crippen LogP contribution in [-0.4, -0.2) is 21.4 Å². The molecule has 1 N–H and O–H groups in total. The Morgan fingerprint density at radius 2 is 2.15 bits per heavy atom. The zero-order valence-electron chi connectivity index (χ0n) is 10.5. The van der Waals surface area contributed by atoms with Gasteiger partial charge in [0.1, 0.15) is 0 Å². The van der Waals surface area contributed by atoms with Crippen LogP contribution in [0.2, 0.25) is 5.02 Å². The normalized spacial score (nSPS) is 12.1. The Bertz CT molecular complexity index is 594. The lowest BCUT2D eigenvalue weighted by Crippen LogP contribution is -2.09. The molecular weight excluding hydrogens is 298 g/mol. The highest BCUT2D eigenvalue weighted by molar-refractivity contribution is 7.98. The standard InChI is InChI=1S/C13H12ClN3O2S/c14-9-1-3-11(4-2-9)20-8-12-16-13(19-17-12)7-10(18)5-6-15/h1-4,10,18H,5,7-8H2. The first-order valence-corrected chi connectivity index (χ1v) is 7.28. The Labute approximate surface area is 125 Å². The summed E-state index contributed by atoms with van der Waals surface area (Å²) < 4.78 is 5.02. The number of hydrogen-bond donors (Lipinski definition) is 1. The average Bonchev–Trinajstić information content (AvgIpc) is 2.86. The van der Waals surface area contributed by atoms with Crippen molar-refractivity contribution < 1.29 is 9.63 Å². The minimum atomic E-state index is -0.766. The molecule has 1 atom stereocenters. The SMILES string of the molecule is N#CCC(O)Cc1nc(CSc2ccc(Cl)cc2)no1. The van der Waals surface area contributed by atoms with E-state index in [0.717, 1.165) is 4.90 Å². The fraction of sp³-hybridized carbons (Fsp3) is 0.308. The van der Waals surface area contributed by atoms with Crippen LogP contribution < -0.4 is 0 Å². The van der Waals surface area contributed by atoms with Crippen LogP contribution >= 0.6 is 23.4 Å². The third-order valence-electron chi connectivity index (χ3n) is 2.43. The van der Waals surface area contributed by atoms with Gasteiger partial charge in [0.25, 0.3) is 0 Å². The molecule has 2 aromatic rings. The van der Waals surface area contributed by atoms with Crippen molar-refractivity contribution in [1.82, 2.24) is 10.1 Å². The smallest absolute Gasteiger partial charge is 0.229 e. The van der Waals surface area contributed by atoms with Gasteiger partial charge >= 0.3 is 0 Å². The van der Waals surface area contributed by atoms with Crippen LogP contribution in [-0.2, 0) is 12.2 Å². The van der Waals surface area contributed by atoms with Gasteiger partial charge in [0.2, 0.25) is 5.89 Å². The molecule has 0 amide bonds. The van der Waals surface area contributed by atoms with E-state index in [9.17, 15) is 5.11 Å². The van der Waals surface area contributed by atoms with Gasteiger partial charge in [-0.2, -0.15) is 10.2 Å². The van der Waals surface area contributed by atoms with E-state index in [1.165, 1.54) is 0 Å². The van der Waals surface area contributed by atoms with Crippen molar-refractivity contribution in [3.05, 3.63) is 41.0 Å². The number of benzene rings is 1. The van der Waals surface area contributed by atoms with Gasteiger partial charge in [0.05, 0.1) is 30.8 Å². The molecule has 1 unspecified atom stereocenters. The molecule has 20 heavy (non-hydrogen) atoms.